The van der Waals surface area contributed by atoms with Crippen molar-refractivity contribution in [3.05, 3.63) is 89.7 Å². The molecular formula is C32H36F6N4O. The topological polar surface area (TPSA) is 48.5 Å². The number of alkyl halides is 6. The molecule has 1 amide bonds. The van der Waals surface area contributed by atoms with Gasteiger partial charge in [-0.1, -0.05) is 48.5 Å². The van der Waals surface area contributed by atoms with Gasteiger partial charge < -0.3 is 5.32 Å². The Morgan fingerprint density at radius 1 is 0.837 bits per heavy atom. The van der Waals surface area contributed by atoms with Gasteiger partial charge in [-0.25, -0.2) is 0 Å². The Morgan fingerprint density at radius 3 is 1.91 bits per heavy atom. The van der Waals surface area contributed by atoms with E-state index in [2.05, 4.69) is 20.1 Å². The molecule has 0 aliphatic carbocycles. The number of hydrogen-bond acceptors (Lipinski definition) is 4. The van der Waals surface area contributed by atoms with Gasteiger partial charge in [-0.15, -0.1) is 0 Å². The highest BCUT2D eigenvalue weighted by atomic mass is 19.4. The maximum absolute atomic E-state index is 13.5. The smallest absolute Gasteiger partial charge is 0.354 e. The van der Waals surface area contributed by atoms with Gasteiger partial charge >= 0.3 is 12.4 Å². The second-order valence-corrected chi connectivity index (χ2v) is 11.5. The summed E-state index contributed by atoms with van der Waals surface area (Å²) in [6.45, 7) is 7.66. The Balaban J connectivity index is 1.47. The summed E-state index contributed by atoms with van der Waals surface area (Å²) in [4.78, 5) is 21.4. The van der Waals surface area contributed by atoms with Gasteiger partial charge in [-0.3, -0.25) is 19.6 Å². The minimum Gasteiger partial charge on any atom is -0.354 e. The number of aromatic nitrogens is 1. The third kappa shape index (κ3) is 7.75. The van der Waals surface area contributed by atoms with Crippen molar-refractivity contribution < 1.29 is 31.1 Å². The number of halogens is 6. The molecule has 0 spiro atoms. The first-order valence-electron chi connectivity index (χ1n) is 14.2. The average molecular weight is 607 g/mol. The number of pyridine rings is 1. The number of rotatable bonds is 9. The zero-order chi connectivity index (χ0) is 31.4. The van der Waals surface area contributed by atoms with Crippen LogP contribution in [0.1, 0.15) is 43.9 Å². The Hall–Kier alpha value is -3.44. The van der Waals surface area contributed by atoms with Gasteiger partial charge in [0, 0.05) is 63.6 Å². The molecule has 0 radical (unpaired) electrons. The van der Waals surface area contributed by atoms with Crippen molar-refractivity contribution in [3.8, 4) is 11.1 Å². The lowest BCUT2D eigenvalue weighted by Gasteiger charge is -2.41. The highest BCUT2D eigenvalue weighted by Gasteiger charge is 2.68. The van der Waals surface area contributed by atoms with Crippen LogP contribution < -0.4 is 5.32 Å². The third-order valence-corrected chi connectivity index (χ3v) is 7.98. The van der Waals surface area contributed by atoms with Gasteiger partial charge in [0.05, 0.1) is 0 Å². The Labute approximate surface area is 247 Å². The largest absolute Gasteiger partial charge is 0.406 e. The zero-order valence-electron chi connectivity index (χ0n) is 24.3. The molecule has 11 heteroatoms. The van der Waals surface area contributed by atoms with Crippen molar-refractivity contribution in [1.29, 1.82) is 0 Å². The second-order valence-electron chi connectivity index (χ2n) is 11.5. The van der Waals surface area contributed by atoms with Crippen LogP contribution in [0.4, 0.5) is 26.3 Å². The quantitative estimate of drug-likeness (QED) is 0.275. The number of piperazine rings is 1. The maximum atomic E-state index is 13.5. The molecule has 43 heavy (non-hydrogen) atoms. The van der Waals surface area contributed by atoms with Crippen LogP contribution in [0.5, 0.6) is 0 Å². The number of carbonyl (C=O) groups is 1. The first kappa shape index (κ1) is 32.5. The molecule has 232 valence electrons. The van der Waals surface area contributed by atoms with Crippen LogP contribution in [0.15, 0.2) is 73.1 Å². The molecule has 1 aliphatic heterocycles. The standard InChI is InChI=1S/C32H36F6N4O/c1-22(2)40-29(43)18-28-21-41(19-24-12-14-39-15-13-24)16-17-42(28)20-23-4-6-25(7-5-23)26-8-10-27(11-9-26)30(3,31(33,34)35)32(36,37)38/h4-15,22,28H,16-21H2,1-3H3,(H,40,43). The minimum absolute atomic E-state index is 0.0123. The van der Waals surface area contributed by atoms with Crippen LogP contribution >= 0.6 is 0 Å². The number of nitrogens with one attached hydrogen (secondary N) is 1. The molecule has 1 aromatic heterocycles. The van der Waals surface area contributed by atoms with Gasteiger partial charge in [-0.2, -0.15) is 26.3 Å². The number of hydrogen-bond donors (Lipinski definition) is 1. The fourth-order valence-electron chi connectivity index (χ4n) is 5.37. The van der Waals surface area contributed by atoms with Crippen molar-refractivity contribution in [2.75, 3.05) is 19.6 Å². The van der Waals surface area contributed by atoms with Crippen molar-refractivity contribution >= 4 is 5.91 Å². The molecule has 1 saturated heterocycles. The normalized spacial score (nSPS) is 17.3. The Morgan fingerprint density at radius 2 is 1.37 bits per heavy atom. The highest BCUT2D eigenvalue weighted by Crippen LogP contribution is 2.51. The lowest BCUT2D eigenvalue weighted by atomic mass is 9.80. The predicted octanol–water partition coefficient (Wildman–Crippen LogP) is 6.73. The van der Waals surface area contributed by atoms with Crippen molar-refractivity contribution in [3.63, 3.8) is 0 Å². The monoisotopic (exact) mass is 606 g/mol. The van der Waals surface area contributed by atoms with Crippen LogP contribution in [0.2, 0.25) is 0 Å². The average Bonchev–Trinajstić information content (AvgIpc) is 2.93. The maximum Gasteiger partial charge on any atom is 0.406 e. The van der Waals surface area contributed by atoms with E-state index in [0.717, 1.165) is 42.9 Å². The van der Waals surface area contributed by atoms with E-state index in [1.807, 2.05) is 38.1 Å². The zero-order valence-corrected chi connectivity index (χ0v) is 24.3. The van der Waals surface area contributed by atoms with Gasteiger partial charge in [0.2, 0.25) is 5.91 Å². The molecule has 0 saturated carbocycles. The molecule has 4 rings (SSSR count). The van der Waals surface area contributed by atoms with Crippen molar-refractivity contribution in [2.24, 2.45) is 0 Å². The second kappa shape index (κ2) is 13.1. The van der Waals surface area contributed by atoms with Gasteiger partial charge in [0.1, 0.15) is 0 Å². The molecule has 3 aromatic rings. The van der Waals surface area contributed by atoms with E-state index in [1.54, 1.807) is 24.5 Å². The number of nitrogens with zero attached hydrogens (tertiary/aromatic N) is 3. The summed E-state index contributed by atoms with van der Waals surface area (Å²) in [5, 5.41) is 2.98. The van der Waals surface area contributed by atoms with E-state index in [4.69, 9.17) is 0 Å². The molecule has 2 aromatic carbocycles. The van der Waals surface area contributed by atoms with E-state index >= 15 is 0 Å². The van der Waals surface area contributed by atoms with E-state index < -0.39 is 23.3 Å². The predicted molar refractivity (Wildman–Crippen MR) is 153 cm³/mol. The summed E-state index contributed by atoms with van der Waals surface area (Å²) in [6, 6.07) is 15.7. The first-order valence-corrected chi connectivity index (χ1v) is 14.2. The van der Waals surface area contributed by atoms with Crippen molar-refractivity contribution in [1.82, 2.24) is 20.1 Å². The van der Waals surface area contributed by atoms with Gasteiger partial charge in [0.25, 0.3) is 0 Å². The van der Waals surface area contributed by atoms with Crippen LogP contribution in [-0.4, -0.2) is 64.8 Å². The van der Waals surface area contributed by atoms with Crippen LogP contribution in [0.3, 0.4) is 0 Å². The lowest BCUT2D eigenvalue weighted by Crippen LogP contribution is -2.53. The fourth-order valence-corrected chi connectivity index (χ4v) is 5.37. The highest BCUT2D eigenvalue weighted by molar-refractivity contribution is 5.76. The summed E-state index contributed by atoms with van der Waals surface area (Å²) in [7, 11) is 0. The minimum atomic E-state index is -5.49. The van der Waals surface area contributed by atoms with E-state index in [-0.39, 0.29) is 24.9 Å². The summed E-state index contributed by atoms with van der Waals surface area (Å²) in [5.74, 6) is -0.0123. The molecular weight excluding hydrogens is 570 g/mol. The van der Waals surface area contributed by atoms with E-state index in [1.165, 1.54) is 12.1 Å². The van der Waals surface area contributed by atoms with Crippen LogP contribution in [0, 0.1) is 0 Å². The van der Waals surface area contributed by atoms with Crippen LogP contribution in [-0.2, 0) is 23.3 Å². The molecule has 1 unspecified atom stereocenters. The molecule has 1 N–H and O–H groups in total. The molecule has 1 aliphatic rings. The van der Waals surface area contributed by atoms with Gasteiger partial charge in [-0.05, 0) is 60.7 Å². The molecule has 2 heterocycles. The third-order valence-electron chi connectivity index (χ3n) is 7.98. The summed E-state index contributed by atoms with van der Waals surface area (Å²) >= 11 is 0. The van der Waals surface area contributed by atoms with Gasteiger partial charge in [0.15, 0.2) is 5.41 Å². The molecule has 1 atom stereocenters. The first-order chi connectivity index (χ1) is 20.2. The Kier molecular flexibility index (Phi) is 9.86. The summed E-state index contributed by atoms with van der Waals surface area (Å²) in [5.41, 5.74) is -1.50. The van der Waals surface area contributed by atoms with Crippen molar-refractivity contribution in [2.45, 2.75) is 70.1 Å². The number of benzene rings is 2. The number of carbonyl (C=O) groups excluding carboxylic acids is 1. The molecule has 0 bridgehead atoms. The molecule has 5 nitrogen and oxygen atoms in total. The van der Waals surface area contributed by atoms with Crippen LogP contribution in [0.25, 0.3) is 11.1 Å². The summed E-state index contributed by atoms with van der Waals surface area (Å²) < 4.78 is 80.8. The lowest BCUT2D eigenvalue weighted by molar-refractivity contribution is -0.297. The number of amides is 1. The van der Waals surface area contributed by atoms with E-state index in [0.29, 0.717) is 30.6 Å². The Bertz CT molecular complexity index is 1330. The molecule has 1 fully saturated rings. The summed E-state index contributed by atoms with van der Waals surface area (Å²) in [6.07, 6.45) is -7.11. The van der Waals surface area contributed by atoms with E-state index in [9.17, 15) is 31.1 Å². The SMILES string of the molecule is CC(C)NC(=O)CC1CN(Cc2ccncc2)CCN1Cc1ccc(-c2ccc(C(C)(C(F)(F)F)C(F)(F)F)cc2)cc1. The fraction of sp³-hybridized carbons (Fsp3) is 0.438.